The first-order valence-electron chi connectivity index (χ1n) is 12.2. The minimum atomic E-state index is 0.442. The monoisotopic (exact) mass is 520 g/mol. The molecule has 8 heteroatoms. The zero-order valence-electron chi connectivity index (χ0n) is 19.7. The minimum absolute atomic E-state index is 0.442. The number of methoxy groups -OCH3 is 1. The van der Waals surface area contributed by atoms with Crippen LogP contribution in [0.1, 0.15) is 32.1 Å². The maximum atomic E-state index is 6.41. The van der Waals surface area contributed by atoms with E-state index in [-0.39, 0.29) is 0 Å². The summed E-state index contributed by atoms with van der Waals surface area (Å²) in [5, 5.41) is 8.75. The van der Waals surface area contributed by atoms with E-state index in [1.54, 1.807) is 7.11 Å². The number of nitrogens with zero attached hydrogens (tertiary/aromatic N) is 2. The molecule has 4 rings (SSSR count). The molecule has 0 spiro atoms. The SMILES string of the molecule is COc1ccccc1NC(=S)NC1CCC(CCN2CCN(c3cccc(Cl)c3Cl)CC2)CC1. The van der Waals surface area contributed by atoms with Gasteiger partial charge in [0, 0.05) is 32.2 Å². The fourth-order valence-electron chi connectivity index (χ4n) is 5.00. The van der Waals surface area contributed by atoms with E-state index in [1.807, 2.05) is 36.4 Å². The Kier molecular flexibility index (Phi) is 9.17. The first-order valence-corrected chi connectivity index (χ1v) is 13.3. The highest BCUT2D eigenvalue weighted by Gasteiger charge is 2.24. The number of hydrogen-bond donors (Lipinski definition) is 2. The Bertz CT molecular complexity index is 960. The first kappa shape index (κ1) is 25.4. The van der Waals surface area contributed by atoms with E-state index in [1.165, 1.54) is 38.6 Å². The average molecular weight is 522 g/mol. The van der Waals surface area contributed by atoms with E-state index in [4.69, 9.17) is 40.2 Å². The number of thiocarbonyl (C=S) groups is 1. The zero-order chi connectivity index (χ0) is 23.9. The summed E-state index contributed by atoms with van der Waals surface area (Å²) >= 11 is 18.2. The Morgan fingerprint density at radius 1 is 1.00 bits per heavy atom. The van der Waals surface area contributed by atoms with Crippen LogP contribution in [-0.2, 0) is 0 Å². The molecule has 0 amide bonds. The quantitative estimate of drug-likeness (QED) is 0.432. The van der Waals surface area contributed by atoms with E-state index in [9.17, 15) is 0 Å². The third-order valence-corrected chi connectivity index (χ3v) is 8.06. The molecule has 5 nitrogen and oxygen atoms in total. The topological polar surface area (TPSA) is 39.8 Å². The van der Waals surface area contributed by atoms with Crippen molar-refractivity contribution in [2.45, 2.75) is 38.1 Å². The number of ether oxygens (including phenoxy) is 1. The predicted molar refractivity (Wildman–Crippen MR) is 148 cm³/mol. The summed E-state index contributed by atoms with van der Waals surface area (Å²) < 4.78 is 5.40. The van der Waals surface area contributed by atoms with Crippen LogP contribution in [0.15, 0.2) is 42.5 Å². The van der Waals surface area contributed by atoms with Gasteiger partial charge in [-0.25, -0.2) is 0 Å². The molecule has 2 aromatic carbocycles. The summed E-state index contributed by atoms with van der Waals surface area (Å²) in [6, 6.07) is 14.2. The molecule has 1 saturated carbocycles. The number of rotatable bonds is 7. The molecule has 0 aromatic heterocycles. The van der Waals surface area contributed by atoms with E-state index < -0.39 is 0 Å². The highest BCUT2D eigenvalue weighted by Crippen LogP contribution is 2.33. The Labute approximate surface area is 218 Å². The van der Waals surface area contributed by atoms with Crippen LogP contribution in [0, 0.1) is 5.92 Å². The van der Waals surface area contributed by atoms with Crippen molar-refractivity contribution in [3.8, 4) is 5.75 Å². The summed E-state index contributed by atoms with van der Waals surface area (Å²) in [6.45, 7) is 5.31. The highest BCUT2D eigenvalue weighted by molar-refractivity contribution is 7.80. The minimum Gasteiger partial charge on any atom is -0.495 e. The first-order chi connectivity index (χ1) is 16.5. The maximum Gasteiger partial charge on any atom is 0.171 e. The standard InChI is InChI=1S/C26H34Cl2N4OS/c1-33-24-8-3-2-6-22(24)30-26(34)29-20-11-9-19(10-12-20)13-14-31-15-17-32(18-16-31)23-7-4-5-21(27)25(23)28/h2-8,19-20H,9-18H2,1H3,(H2,29,30,34). The van der Waals surface area contributed by atoms with Crippen molar-refractivity contribution >= 4 is 51.9 Å². The van der Waals surface area contributed by atoms with Gasteiger partial charge in [0.05, 0.1) is 28.5 Å². The number of halogens is 2. The van der Waals surface area contributed by atoms with Crippen LogP contribution in [-0.4, -0.2) is 55.9 Å². The van der Waals surface area contributed by atoms with Crippen molar-refractivity contribution in [3.63, 3.8) is 0 Å². The van der Waals surface area contributed by atoms with Crippen LogP contribution in [0.2, 0.25) is 10.0 Å². The Balaban J connectivity index is 1.14. The number of benzene rings is 2. The molecule has 184 valence electrons. The molecule has 1 aliphatic carbocycles. The Morgan fingerprint density at radius 3 is 2.47 bits per heavy atom. The van der Waals surface area contributed by atoms with Crippen LogP contribution in [0.5, 0.6) is 5.75 Å². The van der Waals surface area contributed by atoms with Gasteiger partial charge in [0.1, 0.15) is 5.75 Å². The van der Waals surface area contributed by atoms with Crippen molar-refractivity contribution in [2.24, 2.45) is 5.92 Å². The smallest absolute Gasteiger partial charge is 0.171 e. The largest absolute Gasteiger partial charge is 0.495 e. The van der Waals surface area contributed by atoms with Crippen molar-refractivity contribution in [1.29, 1.82) is 0 Å². The number of hydrogen-bond acceptors (Lipinski definition) is 4. The lowest BCUT2D eigenvalue weighted by Gasteiger charge is -2.37. The van der Waals surface area contributed by atoms with Crippen molar-refractivity contribution in [2.75, 3.05) is 50.1 Å². The molecule has 0 atom stereocenters. The Hall–Kier alpha value is -1.73. The molecule has 0 radical (unpaired) electrons. The lowest BCUT2D eigenvalue weighted by atomic mass is 9.84. The highest BCUT2D eigenvalue weighted by atomic mass is 35.5. The Morgan fingerprint density at radius 2 is 1.74 bits per heavy atom. The van der Waals surface area contributed by atoms with Crippen LogP contribution < -0.4 is 20.3 Å². The summed E-state index contributed by atoms with van der Waals surface area (Å²) in [5.41, 5.74) is 1.95. The van der Waals surface area contributed by atoms with Gasteiger partial charge in [-0.2, -0.15) is 0 Å². The van der Waals surface area contributed by atoms with Gasteiger partial charge in [0.25, 0.3) is 0 Å². The molecule has 2 N–H and O–H groups in total. The fourth-order valence-corrected chi connectivity index (χ4v) is 5.69. The maximum absolute atomic E-state index is 6.41. The third kappa shape index (κ3) is 6.69. The third-order valence-electron chi connectivity index (χ3n) is 7.03. The predicted octanol–water partition coefficient (Wildman–Crippen LogP) is 6.06. The van der Waals surface area contributed by atoms with Gasteiger partial charge in [0.2, 0.25) is 0 Å². The summed E-state index contributed by atoms with van der Waals surface area (Å²) in [4.78, 5) is 4.94. The van der Waals surface area contributed by atoms with Crippen molar-refractivity contribution in [3.05, 3.63) is 52.5 Å². The second-order valence-electron chi connectivity index (χ2n) is 9.21. The molecular formula is C26H34Cl2N4OS. The van der Waals surface area contributed by atoms with Crippen molar-refractivity contribution < 1.29 is 4.74 Å². The van der Waals surface area contributed by atoms with Gasteiger partial charge in [0.15, 0.2) is 5.11 Å². The van der Waals surface area contributed by atoms with Gasteiger partial charge < -0.3 is 20.3 Å². The summed E-state index contributed by atoms with van der Waals surface area (Å²) in [7, 11) is 1.67. The van der Waals surface area contributed by atoms with E-state index in [0.717, 1.165) is 49.2 Å². The average Bonchev–Trinajstić information content (AvgIpc) is 2.86. The van der Waals surface area contributed by atoms with Gasteiger partial charge in [-0.1, -0.05) is 41.4 Å². The van der Waals surface area contributed by atoms with Crippen molar-refractivity contribution in [1.82, 2.24) is 10.2 Å². The summed E-state index contributed by atoms with van der Waals surface area (Å²) in [5.74, 6) is 1.60. The van der Waals surface area contributed by atoms with Gasteiger partial charge in [-0.15, -0.1) is 0 Å². The lowest BCUT2D eigenvalue weighted by Crippen LogP contribution is -2.47. The number of anilines is 2. The molecule has 1 saturated heterocycles. The van der Waals surface area contributed by atoms with E-state index in [2.05, 4.69) is 26.5 Å². The molecule has 2 fully saturated rings. The van der Waals surface area contributed by atoms with E-state index in [0.29, 0.717) is 21.2 Å². The summed E-state index contributed by atoms with van der Waals surface area (Å²) in [6.07, 6.45) is 6.12. The van der Waals surface area contributed by atoms with Gasteiger partial charge in [-0.05, 0) is 81.1 Å². The van der Waals surface area contributed by atoms with Gasteiger partial charge >= 0.3 is 0 Å². The molecule has 1 aliphatic heterocycles. The van der Waals surface area contributed by atoms with Crippen LogP contribution >= 0.6 is 35.4 Å². The number of piperazine rings is 1. The van der Waals surface area contributed by atoms with E-state index >= 15 is 0 Å². The lowest BCUT2D eigenvalue weighted by molar-refractivity contribution is 0.214. The second-order valence-corrected chi connectivity index (χ2v) is 10.4. The molecule has 2 aromatic rings. The molecule has 34 heavy (non-hydrogen) atoms. The van der Waals surface area contributed by atoms with Crippen LogP contribution in [0.3, 0.4) is 0 Å². The zero-order valence-corrected chi connectivity index (χ0v) is 22.1. The number of nitrogens with one attached hydrogen (secondary N) is 2. The normalized spacial score (nSPS) is 21.2. The molecular weight excluding hydrogens is 487 g/mol. The van der Waals surface area contributed by atoms with Gasteiger partial charge in [-0.3, -0.25) is 4.90 Å². The molecule has 1 heterocycles. The van der Waals surface area contributed by atoms with Crippen LogP contribution in [0.25, 0.3) is 0 Å². The second kappa shape index (κ2) is 12.3. The van der Waals surface area contributed by atoms with Crippen LogP contribution in [0.4, 0.5) is 11.4 Å². The molecule has 2 aliphatic rings. The fraction of sp³-hybridized carbons (Fsp3) is 0.500. The molecule has 0 bridgehead atoms. The molecule has 0 unspecified atom stereocenters. The number of para-hydroxylation sites is 2.